The molecule has 2 heteroatoms. The first-order valence-electron chi connectivity index (χ1n) is 5.70. The maximum Gasteiger partial charge on any atom is 0.127 e. The highest BCUT2D eigenvalue weighted by Crippen LogP contribution is 2.33. The largest absolute Gasteiger partial charge is 0.256 e. The molecule has 17 heavy (non-hydrogen) atoms. The number of aromatic nitrogens is 1. The lowest BCUT2D eigenvalue weighted by Gasteiger charge is -2.23. The first kappa shape index (κ1) is 11.8. The fraction of sp³-hybridized carbons (Fsp3) is 0.267. The maximum atomic E-state index is 14.0. The third-order valence-corrected chi connectivity index (χ3v) is 2.70. The summed E-state index contributed by atoms with van der Waals surface area (Å²) in [6.45, 7) is 6.04. The van der Waals surface area contributed by atoms with Crippen LogP contribution in [-0.2, 0) is 5.41 Å². The summed E-state index contributed by atoms with van der Waals surface area (Å²) in [6, 6.07) is 10.8. The Morgan fingerprint density at radius 2 is 1.76 bits per heavy atom. The topological polar surface area (TPSA) is 12.9 Å². The molecule has 0 spiro atoms. The molecule has 0 radical (unpaired) electrons. The first-order chi connectivity index (χ1) is 8.00. The number of nitrogens with zero attached hydrogens (tertiary/aromatic N) is 1. The lowest BCUT2D eigenvalue weighted by Crippen LogP contribution is -2.15. The summed E-state index contributed by atoms with van der Waals surface area (Å²) in [4.78, 5) is 4.30. The summed E-state index contributed by atoms with van der Waals surface area (Å²) in [5.74, 6) is -0.166. The Balaban J connectivity index is 2.67. The van der Waals surface area contributed by atoms with Crippen LogP contribution in [0.5, 0.6) is 0 Å². The molecule has 0 aliphatic carbocycles. The maximum absolute atomic E-state index is 14.0. The van der Waals surface area contributed by atoms with Gasteiger partial charge in [-0.05, 0) is 23.6 Å². The molecule has 0 fully saturated rings. The average Bonchev–Trinajstić information content (AvgIpc) is 2.28. The van der Waals surface area contributed by atoms with Crippen LogP contribution in [0.2, 0.25) is 0 Å². The van der Waals surface area contributed by atoms with Gasteiger partial charge in [0.25, 0.3) is 0 Å². The monoisotopic (exact) mass is 229 g/mol. The van der Waals surface area contributed by atoms with E-state index in [1.807, 2.05) is 45.0 Å². The van der Waals surface area contributed by atoms with Gasteiger partial charge in [0.1, 0.15) is 5.82 Å². The summed E-state index contributed by atoms with van der Waals surface area (Å²) < 4.78 is 14.0. The van der Waals surface area contributed by atoms with E-state index < -0.39 is 0 Å². The molecular weight excluding hydrogens is 213 g/mol. The van der Waals surface area contributed by atoms with Gasteiger partial charge in [-0.1, -0.05) is 39.0 Å². The van der Waals surface area contributed by atoms with Gasteiger partial charge in [0.15, 0.2) is 0 Å². The average molecular weight is 229 g/mol. The highest BCUT2D eigenvalue weighted by atomic mass is 19.1. The molecule has 0 N–H and O–H groups in total. The number of pyridine rings is 1. The van der Waals surface area contributed by atoms with Crippen molar-refractivity contribution in [3.63, 3.8) is 0 Å². The number of hydrogen-bond acceptors (Lipinski definition) is 1. The second-order valence-electron chi connectivity index (χ2n) is 5.13. The Kier molecular flexibility index (Phi) is 2.97. The fourth-order valence-electron chi connectivity index (χ4n) is 2.02. The molecular formula is C15H16FN. The van der Waals surface area contributed by atoms with Crippen molar-refractivity contribution >= 4 is 0 Å². The SMILES string of the molecule is CC(C)(C)c1c(F)cccc1-c1ccccn1. The van der Waals surface area contributed by atoms with E-state index in [0.29, 0.717) is 0 Å². The van der Waals surface area contributed by atoms with E-state index >= 15 is 0 Å². The molecule has 88 valence electrons. The predicted molar refractivity (Wildman–Crippen MR) is 68.3 cm³/mol. The Morgan fingerprint density at radius 1 is 1.00 bits per heavy atom. The molecule has 0 aliphatic rings. The third-order valence-electron chi connectivity index (χ3n) is 2.70. The summed E-state index contributed by atoms with van der Waals surface area (Å²) in [6.07, 6.45) is 1.73. The highest BCUT2D eigenvalue weighted by Gasteiger charge is 2.23. The van der Waals surface area contributed by atoms with E-state index in [4.69, 9.17) is 0 Å². The predicted octanol–water partition coefficient (Wildman–Crippen LogP) is 4.19. The van der Waals surface area contributed by atoms with Gasteiger partial charge in [0, 0.05) is 17.3 Å². The van der Waals surface area contributed by atoms with Crippen molar-refractivity contribution in [1.82, 2.24) is 4.98 Å². The molecule has 1 aromatic carbocycles. The van der Waals surface area contributed by atoms with Crippen molar-refractivity contribution in [2.24, 2.45) is 0 Å². The Morgan fingerprint density at radius 3 is 2.35 bits per heavy atom. The van der Waals surface area contributed by atoms with Crippen molar-refractivity contribution < 1.29 is 4.39 Å². The van der Waals surface area contributed by atoms with Crippen LogP contribution in [0.25, 0.3) is 11.3 Å². The van der Waals surface area contributed by atoms with Crippen molar-refractivity contribution in [2.45, 2.75) is 26.2 Å². The lowest BCUT2D eigenvalue weighted by molar-refractivity contribution is 0.524. The van der Waals surface area contributed by atoms with E-state index in [9.17, 15) is 4.39 Å². The minimum atomic E-state index is -0.238. The van der Waals surface area contributed by atoms with E-state index in [1.54, 1.807) is 12.3 Å². The van der Waals surface area contributed by atoms with Crippen molar-refractivity contribution in [1.29, 1.82) is 0 Å². The number of benzene rings is 1. The lowest BCUT2D eigenvalue weighted by atomic mass is 9.82. The zero-order valence-electron chi connectivity index (χ0n) is 10.4. The van der Waals surface area contributed by atoms with Gasteiger partial charge in [-0.15, -0.1) is 0 Å². The van der Waals surface area contributed by atoms with Crippen LogP contribution in [0, 0.1) is 5.82 Å². The van der Waals surface area contributed by atoms with E-state index in [2.05, 4.69) is 4.98 Å². The number of hydrogen-bond donors (Lipinski definition) is 0. The standard InChI is InChI=1S/C15H16FN/c1-15(2,3)14-11(7-6-8-12(14)16)13-9-4-5-10-17-13/h4-10H,1-3H3. The van der Waals surface area contributed by atoms with Crippen LogP contribution in [-0.4, -0.2) is 4.98 Å². The minimum absolute atomic E-state index is 0.166. The zero-order chi connectivity index (χ0) is 12.5. The van der Waals surface area contributed by atoms with Gasteiger partial charge in [-0.25, -0.2) is 4.39 Å². The Hall–Kier alpha value is -1.70. The van der Waals surface area contributed by atoms with Crippen LogP contribution in [0.15, 0.2) is 42.6 Å². The van der Waals surface area contributed by atoms with Crippen molar-refractivity contribution in [3.05, 3.63) is 54.0 Å². The van der Waals surface area contributed by atoms with Gasteiger partial charge < -0.3 is 0 Å². The van der Waals surface area contributed by atoms with E-state index in [-0.39, 0.29) is 11.2 Å². The Labute approximate surface area is 101 Å². The van der Waals surface area contributed by atoms with Gasteiger partial charge in [-0.2, -0.15) is 0 Å². The van der Waals surface area contributed by atoms with Gasteiger partial charge in [-0.3, -0.25) is 4.98 Å². The van der Waals surface area contributed by atoms with Crippen LogP contribution in [0.1, 0.15) is 26.3 Å². The fourth-order valence-corrected chi connectivity index (χ4v) is 2.02. The normalized spacial score (nSPS) is 11.5. The molecule has 1 nitrogen and oxygen atoms in total. The van der Waals surface area contributed by atoms with Gasteiger partial charge in [0.05, 0.1) is 5.69 Å². The molecule has 0 saturated carbocycles. The molecule has 1 heterocycles. The highest BCUT2D eigenvalue weighted by molar-refractivity contribution is 5.65. The first-order valence-corrected chi connectivity index (χ1v) is 5.70. The van der Waals surface area contributed by atoms with Crippen molar-refractivity contribution in [2.75, 3.05) is 0 Å². The van der Waals surface area contributed by atoms with E-state index in [1.165, 1.54) is 6.07 Å². The Bertz CT molecular complexity index is 512. The summed E-state index contributed by atoms with van der Waals surface area (Å²) in [5, 5.41) is 0. The van der Waals surface area contributed by atoms with Crippen LogP contribution < -0.4 is 0 Å². The van der Waals surface area contributed by atoms with Crippen LogP contribution >= 0.6 is 0 Å². The minimum Gasteiger partial charge on any atom is -0.256 e. The van der Waals surface area contributed by atoms with Crippen LogP contribution in [0.3, 0.4) is 0 Å². The molecule has 0 unspecified atom stereocenters. The molecule has 0 aliphatic heterocycles. The zero-order valence-corrected chi connectivity index (χ0v) is 10.4. The second-order valence-corrected chi connectivity index (χ2v) is 5.13. The molecule has 1 aromatic heterocycles. The molecule has 0 saturated heterocycles. The van der Waals surface area contributed by atoms with Crippen LogP contribution in [0.4, 0.5) is 4.39 Å². The number of halogens is 1. The molecule has 0 atom stereocenters. The molecule has 2 aromatic rings. The third kappa shape index (κ3) is 2.36. The smallest absolute Gasteiger partial charge is 0.127 e. The quantitative estimate of drug-likeness (QED) is 0.714. The molecule has 2 rings (SSSR count). The molecule has 0 bridgehead atoms. The summed E-state index contributed by atoms with van der Waals surface area (Å²) >= 11 is 0. The van der Waals surface area contributed by atoms with Crippen molar-refractivity contribution in [3.8, 4) is 11.3 Å². The van der Waals surface area contributed by atoms with Gasteiger partial charge >= 0.3 is 0 Å². The summed E-state index contributed by atoms with van der Waals surface area (Å²) in [5.41, 5.74) is 2.17. The summed E-state index contributed by atoms with van der Waals surface area (Å²) in [7, 11) is 0. The van der Waals surface area contributed by atoms with E-state index in [0.717, 1.165) is 16.8 Å². The van der Waals surface area contributed by atoms with Gasteiger partial charge in [0.2, 0.25) is 0 Å². The number of rotatable bonds is 1. The second kappa shape index (κ2) is 4.28. The molecule has 0 amide bonds.